The molecular weight excluding hydrogens is 228 g/mol. The summed E-state index contributed by atoms with van der Waals surface area (Å²) in [6.07, 6.45) is -2.76. The Bertz CT molecular complexity index is 371. The maximum atomic E-state index is 12.5. The first kappa shape index (κ1) is 11.8. The summed E-state index contributed by atoms with van der Waals surface area (Å²) >= 11 is 5.45. The second-order valence-electron chi connectivity index (χ2n) is 2.67. The van der Waals surface area contributed by atoms with Crippen molar-refractivity contribution >= 4 is 17.6 Å². The van der Waals surface area contributed by atoms with E-state index in [4.69, 9.17) is 11.6 Å². The summed E-state index contributed by atoms with van der Waals surface area (Å²) in [7, 11) is 1.15. The second-order valence-corrected chi connectivity index (χ2v) is 2.93. The zero-order chi connectivity index (χ0) is 11.4. The summed E-state index contributed by atoms with van der Waals surface area (Å²) in [6.45, 7) is 0. The molecule has 1 aromatic heterocycles. The molecule has 0 amide bonds. The van der Waals surface area contributed by atoms with Gasteiger partial charge in [0.25, 0.3) is 6.43 Å². The molecule has 82 valence electrons. The van der Waals surface area contributed by atoms with Crippen molar-refractivity contribution in [1.82, 2.24) is 4.98 Å². The van der Waals surface area contributed by atoms with E-state index in [0.29, 0.717) is 0 Å². The van der Waals surface area contributed by atoms with Crippen LogP contribution in [0, 0.1) is 0 Å². The van der Waals surface area contributed by atoms with Gasteiger partial charge < -0.3 is 4.74 Å². The standard InChI is InChI=1S/C9H8ClF2NO2/c1-15-9(14)6-3-2-5(4-10)7(13-6)8(11)12/h2-3,8H,4H2,1H3. The minimum absolute atomic E-state index is 0.0753. The summed E-state index contributed by atoms with van der Waals surface area (Å²) in [6, 6.07) is 2.64. The highest BCUT2D eigenvalue weighted by Crippen LogP contribution is 2.22. The van der Waals surface area contributed by atoms with E-state index in [1.54, 1.807) is 0 Å². The molecule has 0 aliphatic heterocycles. The molecule has 0 unspecified atom stereocenters. The number of aromatic nitrogens is 1. The molecule has 0 bridgehead atoms. The number of methoxy groups -OCH3 is 1. The Labute approximate surface area is 90.0 Å². The van der Waals surface area contributed by atoms with Gasteiger partial charge in [0.05, 0.1) is 7.11 Å². The number of rotatable bonds is 3. The molecule has 1 heterocycles. The Morgan fingerprint density at radius 2 is 2.27 bits per heavy atom. The minimum Gasteiger partial charge on any atom is -0.464 e. The first-order valence-electron chi connectivity index (χ1n) is 4.02. The first-order chi connectivity index (χ1) is 7.10. The van der Waals surface area contributed by atoms with Gasteiger partial charge in [-0.2, -0.15) is 0 Å². The van der Waals surface area contributed by atoms with Gasteiger partial charge in [-0.3, -0.25) is 0 Å². The number of pyridine rings is 1. The molecule has 6 heteroatoms. The summed E-state index contributed by atoms with van der Waals surface area (Å²) in [5, 5.41) is 0. The maximum Gasteiger partial charge on any atom is 0.356 e. The number of carbonyl (C=O) groups excluding carboxylic acids is 1. The van der Waals surface area contributed by atoms with Crippen molar-refractivity contribution in [3.05, 3.63) is 29.1 Å². The monoisotopic (exact) mass is 235 g/mol. The van der Waals surface area contributed by atoms with Crippen LogP contribution in [0.15, 0.2) is 12.1 Å². The highest BCUT2D eigenvalue weighted by Gasteiger charge is 2.17. The molecule has 0 radical (unpaired) electrons. The average molecular weight is 236 g/mol. The van der Waals surface area contributed by atoms with Gasteiger partial charge in [-0.15, -0.1) is 11.6 Å². The maximum absolute atomic E-state index is 12.5. The number of nitrogens with zero attached hydrogens (tertiary/aromatic N) is 1. The first-order valence-corrected chi connectivity index (χ1v) is 4.55. The highest BCUT2D eigenvalue weighted by molar-refractivity contribution is 6.17. The van der Waals surface area contributed by atoms with Crippen LogP contribution in [0.4, 0.5) is 8.78 Å². The van der Waals surface area contributed by atoms with Crippen LogP contribution in [0.2, 0.25) is 0 Å². The molecule has 0 spiro atoms. The van der Waals surface area contributed by atoms with Crippen LogP contribution in [0.5, 0.6) is 0 Å². The van der Waals surface area contributed by atoms with Crippen LogP contribution in [-0.2, 0) is 10.6 Å². The van der Waals surface area contributed by atoms with Crippen molar-refractivity contribution in [3.63, 3.8) is 0 Å². The highest BCUT2D eigenvalue weighted by atomic mass is 35.5. The largest absolute Gasteiger partial charge is 0.464 e. The van der Waals surface area contributed by atoms with E-state index in [2.05, 4.69) is 9.72 Å². The van der Waals surface area contributed by atoms with Gasteiger partial charge >= 0.3 is 5.97 Å². The average Bonchev–Trinajstić information content (AvgIpc) is 2.27. The van der Waals surface area contributed by atoms with Gasteiger partial charge in [0.15, 0.2) is 0 Å². The Kier molecular flexibility index (Phi) is 3.96. The lowest BCUT2D eigenvalue weighted by Gasteiger charge is -2.06. The molecule has 15 heavy (non-hydrogen) atoms. The van der Waals surface area contributed by atoms with E-state index in [9.17, 15) is 13.6 Å². The summed E-state index contributed by atoms with van der Waals surface area (Å²) < 4.78 is 29.3. The van der Waals surface area contributed by atoms with Gasteiger partial charge in [-0.25, -0.2) is 18.6 Å². The van der Waals surface area contributed by atoms with Crippen molar-refractivity contribution < 1.29 is 18.3 Å². The minimum atomic E-state index is -2.76. The molecular formula is C9H8ClF2NO2. The van der Waals surface area contributed by atoms with Crippen LogP contribution >= 0.6 is 11.6 Å². The molecule has 0 aromatic carbocycles. The third-order valence-corrected chi connectivity index (χ3v) is 2.05. The number of hydrogen-bond acceptors (Lipinski definition) is 3. The van der Waals surface area contributed by atoms with Crippen LogP contribution in [0.1, 0.15) is 28.2 Å². The smallest absolute Gasteiger partial charge is 0.356 e. The van der Waals surface area contributed by atoms with Crippen LogP contribution in [-0.4, -0.2) is 18.1 Å². The van der Waals surface area contributed by atoms with Gasteiger partial charge in [0.2, 0.25) is 0 Å². The number of alkyl halides is 3. The summed E-state index contributed by atoms with van der Waals surface area (Å²) in [4.78, 5) is 14.5. The van der Waals surface area contributed by atoms with Crippen molar-refractivity contribution in [2.45, 2.75) is 12.3 Å². The predicted molar refractivity (Wildman–Crippen MR) is 50.1 cm³/mol. The molecule has 0 N–H and O–H groups in total. The zero-order valence-corrected chi connectivity index (χ0v) is 8.59. The molecule has 0 atom stereocenters. The molecule has 0 saturated heterocycles. The molecule has 0 saturated carbocycles. The Balaban J connectivity index is 3.16. The van der Waals surface area contributed by atoms with E-state index < -0.39 is 18.1 Å². The number of halogens is 3. The molecule has 0 aliphatic carbocycles. The van der Waals surface area contributed by atoms with E-state index in [0.717, 1.165) is 7.11 Å². The fourth-order valence-corrected chi connectivity index (χ4v) is 1.25. The van der Waals surface area contributed by atoms with Crippen molar-refractivity contribution in [2.75, 3.05) is 7.11 Å². The van der Waals surface area contributed by atoms with Gasteiger partial charge in [0, 0.05) is 5.88 Å². The SMILES string of the molecule is COC(=O)c1ccc(CCl)c(C(F)F)n1. The number of esters is 1. The number of hydrogen-bond donors (Lipinski definition) is 0. The van der Waals surface area contributed by atoms with Gasteiger partial charge in [0.1, 0.15) is 11.4 Å². The molecule has 1 aromatic rings. The Morgan fingerprint density at radius 3 is 2.73 bits per heavy atom. The van der Waals surface area contributed by atoms with Crippen LogP contribution in [0.3, 0.4) is 0 Å². The Morgan fingerprint density at radius 1 is 1.60 bits per heavy atom. The van der Waals surface area contributed by atoms with E-state index in [1.807, 2.05) is 0 Å². The summed E-state index contributed by atoms with van der Waals surface area (Å²) in [5.41, 5.74) is -0.422. The van der Waals surface area contributed by atoms with Crippen LogP contribution < -0.4 is 0 Å². The van der Waals surface area contributed by atoms with E-state index in [-0.39, 0.29) is 17.1 Å². The molecule has 1 rings (SSSR count). The van der Waals surface area contributed by atoms with E-state index >= 15 is 0 Å². The Hall–Kier alpha value is -1.23. The third-order valence-electron chi connectivity index (χ3n) is 1.76. The normalized spacial score (nSPS) is 10.5. The fraction of sp³-hybridized carbons (Fsp3) is 0.333. The lowest BCUT2D eigenvalue weighted by molar-refractivity contribution is 0.0592. The molecule has 0 aliphatic rings. The van der Waals surface area contributed by atoms with Crippen molar-refractivity contribution in [3.8, 4) is 0 Å². The second kappa shape index (κ2) is 5.02. The molecule has 3 nitrogen and oxygen atoms in total. The third kappa shape index (κ3) is 2.62. The lowest BCUT2D eigenvalue weighted by atomic mass is 10.2. The number of ether oxygens (including phenoxy) is 1. The van der Waals surface area contributed by atoms with Crippen molar-refractivity contribution in [1.29, 1.82) is 0 Å². The number of carbonyl (C=O) groups is 1. The van der Waals surface area contributed by atoms with E-state index in [1.165, 1.54) is 12.1 Å². The molecule has 0 fully saturated rings. The summed E-state index contributed by atoms with van der Waals surface area (Å²) in [5.74, 6) is -0.827. The quantitative estimate of drug-likeness (QED) is 0.597. The predicted octanol–water partition coefficient (Wildman–Crippen LogP) is 2.54. The fourth-order valence-electron chi connectivity index (χ4n) is 1.02. The topological polar surface area (TPSA) is 39.2 Å². The zero-order valence-electron chi connectivity index (χ0n) is 7.84. The van der Waals surface area contributed by atoms with Gasteiger partial charge in [-0.05, 0) is 11.6 Å². The van der Waals surface area contributed by atoms with Gasteiger partial charge in [-0.1, -0.05) is 6.07 Å². The van der Waals surface area contributed by atoms with Crippen molar-refractivity contribution in [2.24, 2.45) is 0 Å². The lowest BCUT2D eigenvalue weighted by Crippen LogP contribution is -2.08. The van der Waals surface area contributed by atoms with Crippen LogP contribution in [0.25, 0.3) is 0 Å².